The number of nitro groups is 1. The van der Waals surface area contributed by atoms with Crippen LogP contribution in [0, 0.1) is 17.0 Å². The van der Waals surface area contributed by atoms with Gasteiger partial charge in [0.1, 0.15) is 0 Å². The number of benzene rings is 1. The molecule has 2 fully saturated rings. The second-order valence-electron chi connectivity index (χ2n) is 5.90. The van der Waals surface area contributed by atoms with E-state index in [1.54, 1.807) is 19.1 Å². The molecule has 22 heavy (non-hydrogen) atoms. The molecular weight excluding hydrogens is 284 g/mol. The van der Waals surface area contributed by atoms with Gasteiger partial charge in [0.15, 0.2) is 0 Å². The summed E-state index contributed by atoms with van der Waals surface area (Å²) in [5.74, 6) is 0. The first-order valence-corrected chi connectivity index (χ1v) is 7.61. The van der Waals surface area contributed by atoms with E-state index < -0.39 is 0 Å². The monoisotopic (exact) mass is 304 g/mol. The van der Waals surface area contributed by atoms with Crippen LogP contribution in [-0.2, 0) is 0 Å². The van der Waals surface area contributed by atoms with Gasteiger partial charge in [0, 0.05) is 43.5 Å². The van der Waals surface area contributed by atoms with Crippen LogP contribution in [0.3, 0.4) is 0 Å². The smallest absolute Gasteiger partial charge is 0.317 e. The first-order valence-electron chi connectivity index (χ1n) is 7.61. The zero-order valence-electron chi connectivity index (χ0n) is 12.6. The molecule has 0 unspecified atom stereocenters. The van der Waals surface area contributed by atoms with E-state index >= 15 is 0 Å². The number of carbonyl (C=O) groups excluding carboxylic acids is 1. The van der Waals surface area contributed by atoms with Crippen molar-refractivity contribution in [2.45, 2.75) is 25.8 Å². The van der Waals surface area contributed by atoms with Crippen molar-refractivity contribution in [3.05, 3.63) is 33.9 Å². The van der Waals surface area contributed by atoms with Crippen LogP contribution in [0.25, 0.3) is 0 Å². The topological polar surface area (TPSA) is 78.7 Å². The number of nitro benzene ring substituents is 1. The summed E-state index contributed by atoms with van der Waals surface area (Å²) in [6, 6.07) is 5.47. The van der Waals surface area contributed by atoms with Gasteiger partial charge in [-0.25, -0.2) is 4.79 Å². The Morgan fingerprint density at radius 3 is 2.82 bits per heavy atom. The molecule has 2 saturated heterocycles. The predicted octanol–water partition coefficient (Wildman–Crippen LogP) is 1.90. The number of hydrogen-bond donors (Lipinski definition) is 1. The molecule has 2 aliphatic rings. The number of urea groups is 1. The van der Waals surface area contributed by atoms with Gasteiger partial charge in [-0.05, 0) is 31.9 Å². The third-order valence-electron chi connectivity index (χ3n) is 4.47. The molecule has 0 aromatic heterocycles. The van der Waals surface area contributed by atoms with E-state index in [1.165, 1.54) is 0 Å². The molecule has 2 amide bonds. The van der Waals surface area contributed by atoms with Gasteiger partial charge in [-0.3, -0.25) is 10.1 Å². The van der Waals surface area contributed by atoms with Crippen molar-refractivity contribution < 1.29 is 9.72 Å². The quantitative estimate of drug-likeness (QED) is 0.683. The lowest BCUT2D eigenvalue weighted by atomic mass is 10.0. The molecule has 0 aliphatic carbocycles. The minimum absolute atomic E-state index is 0.0201. The Bertz CT molecular complexity index is 604. The van der Waals surface area contributed by atoms with E-state index in [0.29, 0.717) is 12.1 Å². The van der Waals surface area contributed by atoms with Gasteiger partial charge < -0.3 is 15.1 Å². The number of anilines is 1. The van der Waals surface area contributed by atoms with Gasteiger partial charge in [-0.2, -0.15) is 0 Å². The molecule has 0 saturated carbocycles. The van der Waals surface area contributed by atoms with Crippen molar-refractivity contribution >= 4 is 17.4 Å². The normalized spacial score (nSPS) is 21.9. The highest BCUT2D eigenvalue weighted by Crippen LogP contribution is 2.27. The molecule has 3 rings (SSSR count). The minimum Gasteiger partial charge on any atom is -0.369 e. The maximum atomic E-state index is 11.8. The molecule has 2 heterocycles. The van der Waals surface area contributed by atoms with Gasteiger partial charge in [-0.15, -0.1) is 0 Å². The molecule has 1 aromatic carbocycles. The summed E-state index contributed by atoms with van der Waals surface area (Å²) >= 11 is 0. The molecule has 0 radical (unpaired) electrons. The Morgan fingerprint density at radius 1 is 1.36 bits per heavy atom. The van der Waals surface area contributed by atoms with E-state index in [9.17, 15) is 14.9 Å². The lowest BCUT2D eigenvalue weighted by Crippen LogP contribution is -2.49. The molecule has 1 N–H and O–H groups in total. The molecular formula is C15H20N4O3. The summed E-state index contributed by atoms with van der Waals surface area (Å²) in [6.45, 7) is 4.94. The zero-order chi connectivity index (χ0) is 15.7. The van der Waals surface area contributed by atoms with Crippen LogP contribution < -0.4 is 10.2 Å². The molecule has 0 spiro atoms. The van der Waals surface area contributed by atoms with E-state index in [0.717, 1.165) is 38.2 Å². The summed E-state index contributed by atoms with van der Waals surface area (Å²) in [5.41, 5.74) is 1.81. The summed E-state index contributed by atoms with van der Waals surface area (Å²) in [5, 5.41) is 13.8. The molecule has 0 bridgehead atoms. The van der Waals surface area contributed by atoms with Crippen molar-refractivity contribution in [1.29, 1.82) is 0 Å². The van der Waals surface area contributed by atoms with Crippen molar-refractivity contribution in [3.63, 3.8) is 0 Å². The fourth-order valence-electron chi connectivity index (χ4n) is 3.32. The maximum Gasteiger partial charge on any atom is 0.317 e. The van der Waals surface area contributed by atoms with Crippen LogP contribution in [0.1, 0.15) is 18.4 Å². The third kappa shape index (κ3) is 2.70. The fraction of sp³-hybridized carbons (Fsp3) is 0.533. The molecule has 118 valence electrons. The van der Waals surface area contributed by atoms with Gasteiger partial charge in [0.25, 0.3) is 5.69 Å². The van der Waals surface area contributed by atoms with E-state index in [-0.39, 0.29) is 22.7 Å². The summed E-state index contributed by atoms with van der Waals surface area (Å²) in [6.07, 6.45) is 2.03. The lowest BCUT2D eigenvalue weighted by Gasteiger charge is -2.38. The standard InChI is InChI=1S/C15H20N4O3/c1-11-9-12(4-5-14(11)19(21)22)17-7-2-3-13(10-17)18-8-6-16-15(18)20/h4-5,9,13H,2-3,6-8,10H2,1H3,(H,16,20)/t13-/m0/s1. The Kier molecular flexibility index (Phi) is 3.87. The van der Waals surface area contributed by atoms with Crippen molar-refractivity contribution in [3.8, 4) is 0 Å². The number of nitrogens with one attached hydrogen (secondary N) is 1. The summed E-state index contributed by atoms with van der Waals surface area (Å²) < 4.78 is 0. The Balaban J connectivity index is 1.76. The van der Waals surface area contributed by atoms with E-state index in [4.69, 9.17) is 0 Å². The first-order chi connectivity index (χ1) is 10.6. The van der Waals surface area contributed by atoms with Gasteiger partial charge in [0.05, 0.1) is 11.0 Å². The fourth-order valence-corrected chi connectivity index (χ4v) is 3.32. The number of nitrogens with zero attached hydrogens (tertiary/aromatic N) is 3. The SMILES string of the molecule is Cc1cc(N2CCC[C@H](N3CCNC3=O)C2)ccc1[N+](=O)[O-]. The van der Waals surface area contributed by atoms with Crippen LogP contribution >= 0.6 is 0 Å². The lowest BCUT2D eigenvalue weighted by molar-refractivity contribution is -0.385. The average molecular weight is 304 g/mol. The summed E-state index contributed by atoms with van der Waals surface area (Å²) in [4.78, 5) is 26.5. The van der Waals surface area contributed by atoms with Crippen molar-refractivity contribution in [2.24, 2.45) is 0 Å². The van der Waals surface area contributed by atoms with Crippen molar-refractivity contribution in [2.75, 3.05) is 31.1 Å². The minimum atomic E-state index is -0.354. The number of aryl methyl sites for hydroxylation is 1. The number of carbonyl (C=O) groups is 1. The Hall–Kier alpha value is -2.31. The van der Waals surface area contributed by atoms with E-state index in [2.05, 4.69) is 10.2 Å². The maximum absolute atomic E-state index is 11.8. The molecule has 7 heteroatoms. The van der Waals surface area contributed by atoms with Crippen LogP contribution in [0.2, 0.25) is 0 Å². The number of hydrogen-bond acceptors (Lipinski definition) is 4. The van der Waals surface area contributed by atoms with Gasteiger partial charge in [-0.1, -0.05) is 0 Å². The molecule has 1 aromatic rings. The first kappa shape index (κ1) is 14.6. The highest BCUT2D eigenvalue weighted by Gasteiger charge is 2.31. The van der Waals surface area contributed by atoms with Crippen LogP contribution in [-0.4, -0.2) is 48.1 Å². The van der Waals surface area contributed by atoms with Crippen LogP contribution in [0.5, 0.6) is 0 Å². The van der Waals surface area contributed by atoms with Crippen molar-refractivity contribution in [1.82, 2.24) is 10.2 Å². The Morgan fingerprint density at radius 2 is 2.18 bits per heavy atom. The number of rotatable bonds is 3. The highest BCUT2D eigenvalue weighted by molar-refractivity contribution is 5.76. The average Bonchev–Trinajstić information content (AvgIpc) is 2.93. The second-order valence-corrected chi connectivity index (χ2v) is 5.90. The van der Waals surface area contributed by atoms with E-state index in [1.807, 2.05) is 11.0 Å². The number of piperidine rings is 1. The largest absolute Gasteiger partial charge is 0.369 e. The molecule has 2 aliphatic heterocycles. The zero-order valence-corrected chi connectivity index (χ0v) is 12.6. The Labute approximate surface area is 129 Å². The second kappa shape index (κ2) is 5.82. The molecule has 1 atom stereocenters. The predicted molar refractivity (Wildman–Crippen MR) is 83.2 cm³/mol. The number of amides is 2. The van der Waals surface area contributed by atoms with Crippen LogP contribution in [0.4, 0.5) is 16.2 Å². The highest BCUT2D eigenvalue weighted by atomic mass is 16.6. The van der Waals surface area contributed by atoms with Gasteiger partial charge in [0.2, 0.25) is 0 Å². The van der Waals surface area contributed by atoms with Crippen LogP contribution in [0.15, 0.2) is 18.2 Å². The van der Waals surface area contributed by atoms with Gasteiger partial charge >= 0.3 is 6.03 Å². The summed E-state index contributed by atoms with van der Waals surface area (Å²) in [7, 11) is 0. The third-order valence-corrected chi connectivity index (χ3v) is 4.47. The molecule has 7 nitrogen and oxygen atoms in total.